The Balaban J connectivity index is 1.95. The highest BCUT2D eigenvalue weighted by atomic mass is 16.5. The van der Waals surface area contributed by atoms with E-state index < -0.39 is 0 Å². The van der Waals surface area contributed by atoms with Crippen LogP contribution in [0, 0.1) is 5.92 Å². The van der Waals surface area contributed by atoms with Gasteiger partial charge in [-0.05, 0) is 36.8 Å². The van der Waals surface area contributed by atoms with Crippen molar-refractivity contribution < 1.29 is 9.47 Å². The summed E-state index contributed by atoms with van der Waals surface area (Å²) in [6.45, 7) is 5.12. The van der Waals surface area contributed by atoms with E-state index in [4.69, 9.17) is 15.2 Å². The fourth-order valence-electron chi connectivity index (χ4n) is 2.31. The van der Waals surface area contributed by atoms with Crippen molar-refractivity contribution in [3.8, 4) is 5.88 Å². The van der Waals surface area contributed by atoms with E-state index in [9.17, 15) is 0 Å². The molecule has 0 aromatic carbocycles. The molecule has 1 aromatic heterocycles. The lowest BCUT2D eigenvalue weighted by atomic mass is 10.0. The van der Waals surface area contributed by atoms with E-state index in [1.165, 1.54) is 0 Å². The van der Waals surface area contributed by atoms with Crippen molar-refractivity contribution in [3.63, 3.8) is 0 Å². The van der Waals surface area contributed by atoms with Crippen LogP contribution >= 0.6 is 0 Å². The average Bonchev–Trinajstić information content (AvgIpc) is 2.46. The molecule has 0 amide bonds. The van der Waals surface area contributed by atoms with Gasteiger partial charge in [-0.1, -0.05) is 13.3 Å². The second kappa shape index (κ2) is 7.46. The van der Waals surface area contributed by atoms with Crippen LogP contribution in [-0.2, 0) is 17.7 Å². The van der Waals surface area contributed by atoms with Crippen LogP contribution < -0.4 is 10.5 Å². The van der Waals surface area contributed by atoms with E-state index >= 15 is 0 Å². The van der Waals surface area contributed by atoms with Gasteiger partial charge in [-0.15, -0.1) is 0 Å². The van der Waals surface area contributed by atoms with E-state index in [0.29, 0.717) is 12.5 Å². The molecule has 0 bridgehead atoms. The third-order valence-corrected chi connectivity index (χ3v) is 3.46. The molecule has 0 aliphatic carbocycles. The SMILES string of the molecule is CCCc1cc(CN)cc(OCC2CCOCC2)n1. The van der Waals surface area contributed by atoms with Crippen LogP contribution in [0.4, 0.5) is 0 Å². The lowest BCUT2D eigenvalue weighted by Crippen LogP contribution is -2.21. The third kappa shape index (κ3) is 4.48. The number of pyridine rings is 1. The van der Waals surface area contributed by atoms with Crippen molar-refractivity contribution in [1.29, 1.82) is 0 Å². The predicted molar refractivity (Wildman–Crippen MR) is 75.2 cm³/mol. The summed E-state index contributed by atoms with van der Waals surface area (Å²) in [4.78, 5) is 4.55. The van der Waals surface area contributed by atoms with Gasteiger partial charge >= 0.3 is 0 Å². The Morgan fingerprint density at radius 2 is 2.16 bits per heavy atom. The monoisotopic (exact) mass is 264 g/mol. The van der Waals surface area contributed by atoms with Crippen molar-refractivity contribution in [2.75, 3.05) is 19.8 Å². The molecule has 1 aliphatic rings. The maximum atomic E-state index is 5.85. The van der Waals surface area contributed by atoms with Crippen molar-refractivity contribution >= 4 is 0 Å². The molecule has 4 nitrogen and oxygen atoms in total. The van der Waals surface area contributed by atoms with Gasteiger partial charge in [0.25, 0.3) is 0 Å². The molecular formula is C15H24N2O2. The first-order valence-corrected chi connectivity index (χ1v) is 7.22. The Labute approximate surface area is 115 Å². The number of nitrogens with two attached hydrogens (primary N) is 1. The Morgan fingerprint density at radius 3 is 2.84 bits per heavy atom. The number of aryl methyl sites for hydroxylation is 1. The number of ether oxygens (including phenoxy) is 2. The molecule has 0 radical (unpaired) electrons. The minimum absolute atomic E-state index is 0.535. The third-order valence-electron chi connectivity index (χ3n) is 3.46. The normalized spacial score (nSPS) is 16.5. The van der Waals surface area contributed by atoms with Gasteiger partial charge in [0.15, 0.2) is 0 Å². The highest BCUT2D eigenvalue weighted by Crippen LogP contribution is 2.18. The van der Waals surface area contributed by atoms with Crippen LogP contribution in [0.3, 0.4) is 0 Å². The molecule has 2 N–H and O–H groups in total. The first-order chi connectivity index (χ1) is 9.31. The Hall–Kier alpha value is -1.13. The van der Waals surface area contributed by atoms with Crippen LogP contribution in [0.5, 0.6) is 5.88 Å². The predicted octanol–water partition coefficient (Wildman–Crippen LogP) is 2.30. The summed E-state index contributed by atoms with van der Waals surface area (Å²) in [6, 6.07) is 4.03. The number of hydrogen-bond acceptors (Lipinski definition) is 4. The van der Waals surface area contributed by atoms with Gasteiger partial charge in [-0.3, -0.25) is 0 Å². The first-order valence-electron chi connectivity index (χ1n) is 7.22. The van der Waals surface area contributed by atoms with Gasteiger partial charge < -0.3 is 15.2 Å². The number of rotatable bonds is 6. The molecule has 106 valence electrons. The highest BCUT2D eigenvalue weighted by molar-refractivity contribution is 5.25. The smallest absolute Gasteiger partial charge is 0.213 e. The molecule has 1 aliphatic heterocycles. The lowest BCUT2D eigenvalue weighted by molar-refractivity contribution is 0.0490. The first kappa shape index (κ1) is 14.3. The van der Waals surface area contributed by atoms with E-state index in [0.717, 1.165) is 62.6 Å². The quantitative estimate of drug-likeness (QED) is 0.856. The van der Waals surface area contributed by atoms with Crippen molar-refractivity contribution in [2.24, 2.45) is 11.7 Å². The van der Waals surface area contributed by atoms with E-state index in [1.54, 1.807) is 0 Å². The number of aromatic nitrogens is 1. The van der Waals surface area contributed by atoms with Crippen molar-refractivity contribution in [2.45, 2.75) is 39.2 Å². The summed E-state index contributed by atoms with van der Waals surface area (Å²) in [5.41, 5.74) is 7.90. The molecule has 1 aromatic rings. The Morgan fingerprint density at radius 1 is 1.37 bits per heavy atom. The van der Waals surface area contributed by atoms with Gasteiger partial charge in [0.2, 0.25) is 5.88 Å². The zero-order valence-electron chi connectivity index (χ0n) is 11.7. The largest absolute Gasteiger partial charge is 0.477 e. The molecule has 1 saturated heterocycles. The van der Waals surface area contributed by atoms with E-state index in [-0.39, 0.29) is 0 Å². The van der Waals surface area contributed by atoms with Crippen LogP contribution in [-0.4, -0.2) is 24.8 Å². The molecule has 0 spiro atoms. The standard InChI is InChI=1S/C15H24N2O2/c1-2-3-14-8-13(10-16)9-15(17-14)19-11-12-4-6-18-7-5-12/h8-9,12H,2-7,10-11,16H2,1H3. The summed E-state index contributed by atoms with van der Waals surface area (Å²) in [7, 11) is 0. The van der Waals surface area contributed by atoms with E-state index in [2.05, 4.69) is 18.0 Å². The van der Waals surface area contributed by atoms with Gasteiger partial charge in [0, 0.05) is 31.5 Å². The minimum atomic E-state index is 0.535. The molecular weight excluding hydrogens is 240 g/mol. The summed E-state index contributed by atoms with van der Waals surface area (Å²) >= 11 is 0. The van der Waals surface area contributed by atoms with Gasteiger partial charge in [-0.2, -0.15) is 0 Å². The molecule has 2 rings (SSSR count). The van der Waals surface area contributed by atoms with E-state index in [1.807, 2.05) is 6.07 Å². The average molecular weight is 264 g/mol. The second-order valence-corrected chi connectivity index (χ2v) is 5.13. The zero-order chi connectivity index (χ0) is 13.5. The Bertz CT molecular complexity index is 390. The van der Waals surface area contributed by atoms with Crippen LogP contribution in [0.1, 0.15) is 37.4 Å². The Kier molecular flexibility index (Phi) is 5.61. The highest BCUT2D eigenvalue weighted by Gasteiger charge is 2.15. The lowest BCUT2D eigenvalue weighted by Gasteiger charge is -2.22. The zero-order valence-corrected chi connectivity index (χ0v) is 11.7. The van der Waals surface area contributed by atoms with Gasteiger partial charge in [0.1, 0.15) is 0 Å². The maximum Gasteiger partial charge on any atom is 0.213 e. The number of hydrogen-bond donors (Lipinski definition) is 1. The molecule has 0 saturated carbocycles. The van der Waals surface area contributed by atoms with Gasteiger partial charge in [0.05, 0.1) is 6.61 Å². The summed E-state index contributed by atoms with van der Waals surface area (Å²) in [5, 5.41) is 0. The number of nitrogens with zero attached hydrogens (tertiary/aromatic N) is 1. The topological polar surface area (TPSA) is 57.4 Å². The van der Waals surface area contributed by atoms with Crippen molar-refractivity contribution in [3.05, 3.63) is 23.4 Å². The van der Waals surface area contributed by atoms with Crippen LogP contribution in [0.2, 0.25) is 0 Å². The summed E-state index contributed by atoms with van der Waals surface area (Å²) < 4.78 is 11.2. The molecule has 0 atom stereocenters. The molecule has 4 heteroatoms. The van der Waals surface area contributed by atoms with Crippen LogP contribution in [0.25, 0.3) is 0 Å². The molecule has 1 fully saturated rings. The molecule has 19 heavy (non-hydrogen) atoms. The fraction of sp³-hybridized carbons (Fsp3) is 0.667. The van der Waals surface area contributed by atoms with Gasteiger partial charge in [-0.25, -0.2) is 4.98 Å². The fourth-order valence-corrected chi connectivity index (χ4v) is 2.31. The van der Waals surface area contributed by atoms with Crippen molar-refractivity contribution in [1.82, 2.24) is 4.98 Å². The molecule has 2 heterocycles. The second-order valence-electron chi connectivity index (χ2n) is 5.13. The summed E-state index contributed by atoms with van der Waals surface area (Å²) in [5.74, 6) is 1.31. The minimum Gasteiger partial charge on any atom is -0.477 e. The van der Waals surface area contributed by atoms with Crippen LogP contribution in [0.15, 0.2) is 12.1 Å². The summed E-state index contributed by atoms with van der Waals surface area (Å²) in [6.07, 6.45) is 4.22. The maximum absolute atomic E-state index is 5.85. The molecule has 0 unspecified atom stereocenters.